The predicted octanol–water partition coefficient (Wildman–Crippen LogP) is 2.35. The van der Waals surface area contributed by atoms with Gasteiger partial charge in [-0.15, -0.1) is 0 Å². The van der Waals surface area contributed by atoms with Crippen molar-refractivity contribution in [2.45, 2.75) is 32.1 Å². The van der Waals surface area contributed by atoms with E-state index in [4.69, 9.17) is 17.3 Å². The molecule has 2 rings (SSSR count). The molecular formula is C11H17ClN4S. The Labute approximate surface area is 111 Å². The molecule has 0 aromatic carbocycles. The number of hydrogen-bond acceptors (Lipinski definition) is 5. The van der Waals surface area contributed by atoms with Crippen molar-refractivity contribution in [3.05, 3.63) is 11.0 Å². The number of hydrogen-bond donors (Lipinski definition) is 1. The van der Waals surface area contributed by atoms with Gasteiger partial charge in [-0.3, -0.25) is 0 Å². The Morgan fingerprint density at radius 1 is 1.41 bits per heavy atom. The first-order chi connectivity index (χ1) is 8.00. The van der Waals surface area contributed by atoms with Crippen molar-refractivity contribution < 1.29 is 0 Å². The smallest absolute Gasteiger partial charge is 0.224 e. The van der Waals surface area contributed by atoms with E-state index in [1.54, 1.807) is 0 Å². The number of anilines is 2. The minimum atomic E-state index is 0.268. The zero-order valence-electron chi connectivity index (χ0n) is 10.3. The van der Waals surface area contributed by atoms with Gasteiger partial charge >= 0.3 is 0 Å². The number of nitrogen functional groups attached to an aromatic ring is 1. The van der Waals surface area contributed by atoms with E-state index in [9.17, 15) is 0 Å². The molecule has 1 aromatic rings. The molecule has 2 heterocycles. The van der Waals surface area contributed by atoms with Crippen LogP contribution in [-0.4, -0.2) is 33.6 Å². The average molecular weight is 273 g/mol. The summed E-state index contributed by atoms with van der Waals surface area (Å²) in [5, 5.41) is 0.835. The van der Waals surface area contributed by atoms with Crippen LogP contribution in [0.4, 0.5) is 11.5 Å². The molecule has 2 unspecified atom stereocenters. The standard InChI is InChI=1S/C11H17ClN4S/c1-6-9(13)10(15-11(12)14-6)16-4-5-17-8(3)7(16)2/h7-8H,4-5,13H2,1-3H3. The van der Waals surface area contributed by atoms with Gasteiger partial charge in [0.15, 0.2) is 5.82 Å². The second-order valence-electron chi connectivity index (χ2n) is 4.33. The topological polar surface area (TPSA) is 55.0 Å². The summed E-state index contributed by atoms with van der Waals surface area (Å²) in [6.07, 6.45) is 0. The highest BCUT2D eigenvalue weighted by Crippen LogP contribution is 2.32. The normalized spacial score (nSPS) is 25.1. The summed E-state index contributed by atoms with van der Waals surface area (Å²) in [6, 6.07) is 0.404. The van der Waals surface area contributed by atoms with E-state index in [2.05, 4.69) is 28.7 Å². The fourth-order valence-electron chi connectivity index (χ4n) is 1.98. The average Bonchev–Trinajstić information content (AvgIpc) is 2.27. The summed E-state index contributed by atoms with van der Waals surface area (Å²) < 4.78 is 0. The Morgan fingerprint density at radius 2 is 2.12 bits per heavy atom. The van der Waals surface area contributed by atoms with E-state index in [1.165, 1.54) is 0 Å². The van der Waals surface area contributed by atoms with Gasteiger partial charge in [-0.25, -0.2) is 4.98 Å². The Bertz CT molecular complexity index is 426. The molecule has 0 aliphatic carbocycles. The van der Waals surface area contributed by atoms with Crippen molar-refractivity contribution in [1.82, 2.24) is 9.97 Å². The molecule has 6 heteroatoms. The van der Waals surface area contributed by atoms with Crippen LogP contribution in [0.5, 0.6) is 0 Å². The molecule has 17 heavy (non-hydrogen) atoms. The molecule has 0 spiro atoms. The monoisotopic (exact) mass is 272 g/mol. The van der Waals surface area contributed by atoms with Crippen LogP contribution in [0.2, 0.25) is 5.28 Å². The minimum absolute atomic E-state index is 0.268. The SMILES string of the molecule is Cc1nc(Cl)nc(N2CCSC(C)C2C)c1N. The largest absolute Gasteiger partial charge is 0.394 e. The van der Waals surface area contributed by atoms with E-state index < -0.39 is 0 Å². The molecule has 0 saturated carbocycles. The van der Waals surface area contributed by atoms with Crippen LogP contribution in [-0.2, 0) is 0 Å². The predicted molar refractivity (Wildman–Crippen MR) is 74.9 cm³/mol. The third kappa shape index (κ3) is 2.45. The molecule has 0 amide bonds. The van der Waals surface area contributed by atoms with Crippen LogP contribution < -0.4 is 10.6 Å². The lowest BCUT2D eigenvalue weighted by molar-refractivity contribution is 0.620. The zero-order chi connectivity index (χ0) is 12.6. The summed E-state index contributed by atoms with van der Waals surface area (Å²) in [4.78, 5) is 10.6. The van der Waals surface area contributed by atoms with Crippen molar-refractivity contribution in [3.8, 4) is 0 Å². The van der Waals surface area contributed by atoms with Gasteiger partial charge in [0.1, 0.15) is 0 Å². The van der Waals surface area contributed by atoms with Crippen molar-refractivity contribution in [1.29, 1.82) is 0 Å². The lowest BCUT2D eigenvalue weighted by Gasteiger charge is -2.38. The molecule has 1 aliphatic rings. The number of thioether (sulfide) groups is 1. The van der Waals surface area contributed by atoms with Crippen molar-refractivity contribution in [3.63, 3.8) is 0 Å². The first-order valence-corrected chi connectivity index (χ1v) is 7.11. The molecular weight excluding hydrogens is 256 g/mol. The van der Waals surface area contributed by atoms with E-state index in [1.807, 2.05) is 18.7 Å². The van der Waals surface area contributed by atoms with Gasteiger partial charge in [-0.05, 0) is 25.4 Å². The Balaban J connectivity index is 2.39. The Kier molecular flexibility index (Phi) is 3.68. The van der Waals surface area contributed by atoms with Crippen LogP contribution in [0.3, 0.4) is 0 Å². The summed E-state index contributed by atoms with van der Waals surface area (Å²) in [7, 11) is 0. The van der Waals surface area contributed by atoms with Crippen LogP contribution in [0.1, 0.15) is 19.5 Å². The number of aryl methyl sites for hydroxylation is 1. The van der Waals surface area contributed by atoms with Crippen LogP contribution >= 0.6 is 23.4 Å². The molecule has 0 bridgehead atoms. The molecule has 0 radical (unpaired) electrons. The minimum Gasteiger partial charge on any atom is -0.394 e. The van der Waals surface area contributed by atoms with Gasteiger partial charge < -0.3 is 10.6 Å². The molecule has 2 N–H and O–H groups in total. The third-order valence-electron chi connectivity index (χ3n) is 3.24. The van der Waals surface area contributed by atoms with E-state index in [0.717, 1.165) is 23.8 Å². The molecule has 2 atom stereocenters. The molecule has 1 saturated heterocycles. The van der Waals surface area contributed by atoms with Crippen LogP contribution in [0, 0.1) is 6.92 Å². The zero-order valence-corrected chi connectivity index (χ0v) is 11.8. The molecule has 1 fully saturated rings. The summed E-state index contributed by atoms with van der Waals surface area (Å²) >= 11 is 7.90. The van der Waals surface area contributed by atoms with Gasteiger partial charge in [0.25, 0.3) is 0 Å². The van der Waals surface area contributed by atoms with E-state index >= 15 is 0 Å². The van der Waals surface area contributed by atoms with E-state index in [0.29, 0.717) is 17.0 Å². The molecule has 1 aromatic heterocycles. The lowest BCUT2D eigenvalue weighted by Crippen LogP contribution is -2.45. The number of aromatic nitrogens is 2. The van der Waals surface area contributed by atoms with Gasteiger partial charge in [-0.1, -0.05) is 6.92 Å². The molecule has 4 nitrogen and oxygen atoms in total. The Hall–Kier alpha value is -0.680. The molecule has 1 aliphatic heterocycles. The first kappa shape index (κ1) is 12.8. The van der Waals surface area contributed by atoms with Gasteiger partial charge in [0.05, 0.1) is 11.4 Å². The van der Waals surface area contributed by atoms with Gasteiger partial charge in [0.2, 0.25) is 5.28 Å². The maximum atomic E-state index is 6.06. The van der Waals surface area contributed by atoms with Crippen LogP contribution in [0.15, 0.2) is 0 Å². The van der Waals surface area contributed by atoms with Crippen molar-refractivity contribution >= 4 is 34.9 Å². The highest BCUT2D eigenvalue weighted by molar-refractivity contribution is 8.00. The number of halogens is 1. The summed E-state index contributed by atoms with van der Waals surface area (Å²) in [6.45, 7) is 7.24. The first-order valence-electron chi connectivity index (χ1n) is 5.68. The highest BCUT2D eigenvalue weighted by atomic mass is 35.5. The van der Waals surface area contributed by atoms with Gasteiger partial charge in [0, 0.05) is 23.6 Å². The number of rotatable bonds is 1. The maximum absolute atomic E-state index is 6.06. The molecule has 94 valence electrons. The lowest BCUT2D eigenvalue weighted by atomic mass is 10.2. The van der Waals surface area contributed by atoms with Crippen molar-refractivity contribution in [2.24, 2.45) is 0 Å². The second-order valence-corrected chi connectivity index (χ2v) is 6.15. The maximum Gasteiger partial charge on any atom is 0.224 e. The quantitative estimate of drug-likeness (QED) is 0.796. The third-order valence-corrected chi connectivity index (χ3v) is 4.75. The van der Waals surface area contributed by atoms with E-state index in [-0.39, 0.29) is 5.28 Å². The fourth-order valence-corrected chi connectivity index (χ4v) is 3.29. The highest BCUT2D eigenvalue weighted by Gasteiger charge is 2.28. The van der Waals surface area contributed by atoms with Gasteiger partial charge in [-0.2, -0.15) is 16.7 Å². The Morgan fingerprint density at radius 3 is 2.82 bits per heavy atom. The summed E-state index contributed by atoms with van der Waals surface area (Å²) in [5.41, 5.74) is 7.45. The van der Waals surface area contributed by atoms with Crippen molar-refractivity contribution in [2.75, 3.05) is 22.9 Å². The van der Waals surface area contributed by atoms with Crippen LogP contribution in [0.25, 0.3) is 0 Å². The fraction of sp³-hybridized carbons (Fsp3) is 0.636. The number of nitrogens with two attached hydrogens (primary N) is 1. The summed E-state index contributed by atoms with van der Waals surface area (Å²) in [5.74, 6) is 1.87. The second kappa shape index (κ2) is 4.90. The number of nitrogens with zero attached hydrogens (tertiary/aromatic N) is 3.